The number of aryl methyl sites for hydroxylation is 1. The highest BCUT2D eigenvalue weighted by Crippen LogP contribution is 2.16. The molecule has 0 radical (unpaired) electrons. The maximum Gasteiger partial charge on any atom is 0.305 e. The average Bonchev–Trinajstić information content (AvgIpc) is 2.83. The van der Waals surface area contributed by atoms with Gasteiger partial charge in [0.05, 0.1) is 19.2 Å². The van der Waals surface area contributed by atoms with Crippen molar-refractivity contribution in [1.82, 2.24) is 4.98 Å². The molecule has 0 aliphatic carbocycles. The number of anilines is 1. The van der Waals surface area contributed by atoms with Crippen LogP contribution in [-0.2, 0) is 20.7 Å². The number of carbonyl (C=O) groups is 1. The van der Waals surface area contributed by atoms with Crippen molar-refractivity contribution in [2.75, 3.05) is 32.7 Å². The Balaban J connectivity index is 2.19. The van der Waals surface area contributed by atoms with Crippen LogP contribution in [0.5, 0.6) is 0 Å². The van der Waals surface area contributed by atoms with Crippen molar-refractivity contribution in [3.63, 3.8) is 0 Å². The first kappa shape index (κ1) is 14.9. The summed E-state index contributed by atoms with van der Waals surface area (Å²) in [6.45, 7) is 1.69. The van der Waals surface area contributed by atoms with E-state index in [1.54, 1.807) is 18.4 Å². The molecule has 18 heavy (non-hydrogen) atoms. The fraction of sp³-hybridized carbons (Fsp3) is 0.667. The lowest BCUT2D eigenvalue weighted by molar-refractivity contribution is -0.140. The smallest absolute Gasteiger partial charge is 0.305 e. The van der Waals surface area contributed by atoms with E-state index in [4.69, 9.17) is 4.74 Å². The van der Waals surface area contributed by atoms with Gasteiger partial charge in [-0.2, -0.15) is 0 Å². The molecule has 0 aliphatic rings. The number of nitrogens with zero attached hydrogens (tertiary/aromatic N) is 1. The minimum atomic E-state index is -0.197. The lowest BCUT2D eigenvalue weighted by atomic mass is 10.2. The molecule has 6 heteroatoms. The molecule has 0 spiro atoms. The zero-order valence-electron chi connectivity index (χ0n) is 10.9. The minimum absolute atomic E-state index is 0.197. The van der Waals surface area contributed by atoms with Gasteiger partial charge in [-0.05, 0) is 12.8 Å². The predicted molar refractivity (Wildman–Crippen MR) is 72.1 cm³/mol. The number of nitrogens with one attached hydrogen (secondary N) is 1. The van der Waals surface area contributed by atoms with Gasteiger partial charge in [0.2, 0.25) is 0 Å². The van der Waals surface area contributed by atoms with Gasteiger partial charge in [-0.15, -0.1) is 11.3 Å². The number of hydrogen-bond acceptors (Lipinski definition) is 6. The SMILES string of the molecule is COCCCCNc1nc(CCC(=O)OC)cs1. The van der Waals surface area contributed by atoms with E-state index in [9.17, 15) is 4.79 Å². The van der Waals surface area contributed by atoms with Gasteiger partial charge >= 0.3 is 5.97 Å². The van der Waals surface area contributed by atoms with Crippen molar-refractivity contribution >= 4 is 22.4 Å². The van der Waals surface area contributed by atoms with Crippen LogP contribution in [0.15, 0.2) is 5.38 Å². The number of carbonyl (C=O) groups excluding carboxylic acids is 1. The van der Waals surface area contributed by atoms with Crippen molar-refractivity contribution in [2.24, 2.45) is 0 Å². The Bertz CT molecular complexity index is 355. The first-order chi connectivity index (χ1) is 8.76. The molecule has 5 nitrogen and oxygen atoms in total. The van der Waals surface area contributed by atoms with Crippen LogP contribution in [-0.4, -0.2) is 38.3 Å². The fourth-order valence-electron chi connectivity index (χ4n) is 1.40. The monoisotopic (exact) mass is 272 g/mol. The van der Waals surface area contributed by atoms with E-state index in [-0.39, 0.29) is 5.97 Å². The lowest BCUT2D eigenvalue weighted by Crippen LogP contribution is -2.04. The molecule has 0 saturated carbocycles. The molecule has 1 aromatic rings. The summed E-state index contributed by atoms with van der Waals surface area (Å²) >= 11 is 1.57. The van der Waals surface area contributed by atoms with Crippen molar-refractivity contribution < 1.29 is 14.3 Å². The zero-order valence-corrected chi connectivity index (χ0v) is 11.7. The molecule has 102 valence electrons. The van der Waals surface area contributed by atoms with Gasteiger partial charge in [-0.25, -0.2) is 4.98 Å². The van der Waals surface area contributed by atoms with E-state index in [0.717, 1.165) is 36.8 Å². The van der Waals surface area contributed by atoms with Crippen LogP contribution in [0.3, 0.4) is 0 Å². The minimum Gasteiger partial charge on any atom is -0.469 e. The fourth-order valence-corrected chi connectivity index (χ4v) is 2.18. The summed E-state index contributed by atoms with van der Waals surface area (Å²) in [6.07, 6.45) is 3.12. The highest BCUT2D eigenvalue weighted by molar-refractivity contribution is 7.13. The molecule has 1 N–H and O–H groups in total. The summed E-state index contributed by atoms with van der Waals surface area (Å²) in [7, 11) is 3.11. The van der Waals surface area contributed by atoms with Gasteiger partial charge < -0.3 is 14.8 Å². The van der Waals surface area contributed by atoms with Crippen LogP contribution >= 0.6 is 11.3 Å². The molecule has 0 aromatic carbocycles. The van der Waals surface area contributed by atoms with E-state index < -0.39 is 0 Å². The van der Waals surface area contributed by atoms with Gasteiger partial charge in [0.25, 0.3) is 0 Å². The van der Waals surface area contributed by atoms with Crippen molar-refractivity contribution in [3.8, 4) is 0 Å². The molecule has 1 rings (SSSR count). The molecular formula is C12H20N2O3S. The quantitative estimate of drug-likeness (QED) is 0.551. The zero-order chi connectivity index (χ0) is 13.2. The second-order valence-electron chi connectivity index (χ2n) is 3.85. The topological polar surface area (TPSA) is 60.5 Å². The summed E-state index contributed by atoms with van der Waals surface area (Å²) in [6, 6.07) is 0. The largest absolute Gasteiger partial charge is 0.469 e. The third-order valence-corrected chi connectivity index (χ3v) is 3.26. The van der Waals surface area contributed by atoms with Crippen LogP contribution in [0.2, 0.25) is 0 Å². The van der Waals surface area contributed by atoms with Gasteiger partial charge in [-0.1, -0.05) is 0 Å². The van der Waals surface area contributed by atoms with E-state index in [2.05, 4.69) is 15.0 Å². The standard InChI is InChI=1S/C12H20N2O3S/c1-16-8-4-3-7-13-12-14-10(9-18-12)5-6-11(15)17-2/h9H,3-8H2,1-2H3,(H,13,14). The van der Waals surface area contributed by atoms with E-state index >= 15 is 0 Å². The number of ether oxygens (including phenoxy) is 2. The van der Waals surface area contributed by atoms with E-state index in [1.165, 1.54) is 7.11 Å². The van der Waals surface area contributed by atoms with E-state index in [1.807, 2.05) is 5.38 Å². The maximum absolute atomic E-state index is 11.0. The highest BCUT2D eigenvalue weighted by atomic mass is 32.1. The number of esters is 1. The molecule has 0 aliphatic heterocycles. The number of aromatic nitrogens is 1. The van der Waals surface area contributed by atoms with Crippen LogP contribution in [0.25, 0.3) is 0 Å². The Morgan fingerprint density at radius 1 is 1.44 bits per heavy atom. The van der Waals surface area contributed by atoms with Gasteiger partial charge in [0.15, 0.2) is 5.13 Å². The van der Waals surface area contributed by atoms with Crippen LogP contribution < -0.4 is 5.32 Å². The maximum atomic E-state index is 11.0. The first-order valence-electron chi connectivity index (χ1n) is 6.00. The first-order valence-corrected chi connectivity index (χ1v) is 6.88. The van der Waals surface area contributed by atoms with E-state index in [0.29, 0.717) is 12.8 Å². The van der Waals surface area contributed by atoms with Crippen LogP contribution in [0.4, 0.5) is 5.13 Å². The molecule has 0 unspecified atom stereocenters. The van der Waals surface area contributed by atoms with Crippen LogP contribution in [0.1, 0.15) is 25.0 Å². The Kier molecular flexibility index (Phi) is 7.36. The molecule has 1 heterocycles. The third-order valence-electron chi connectivity index (χ3n) is 2.42. The van der Waals surface area contributed by atoms with Crippen LogP contribution in [0, 0.1) is 0 Å². The molecule has 0 saturated heterocycles. The molecule has 1 aromatic heterocycles. The van der Waals surface area contributed by atoms with Crippen molar-refractivity contribution in [3.05, 3.63) is 11.1 Å². The number of unbranched alkanes of at least 4 members (excludes halogenated alkanes) is 1. The second kappa shape index (κ2) is 8.88. The van der Waals surface area contributed by atoms with Crippen molar-refractivity contribution in [2.45, 2.75) is 25.7 Å². The Morgan fingerprint density at radius 3 is 3.00 bits per heavy atom. The number of thiazole rings is 1. The number of rotatable bonds is 9. The summed E-state index contributed by atoms with van der Waals surface area (Å²) in [4.78, 5) is 15.4. The predicted octanol–water partition coefficient (Wildman–Crippen LogP) is 2.09. The second-order valence-corrected chi connectivity index (χ2v) is 4.70. The summed E-state index contributed by atoms with van der Waals surface area (Å²) in [5.41, 5.74) is 0.935. The molecule has 0 atom stereocenters. The summed E-state index contributed by atoms with van der Waals surface area (Å²) < 4.78 is 9.57. The Morgan fingerprint density at radius 2 is 2.28 bits per heavy atom. The van der Waals surface area contributed by atoms with Crippen molar-refractivity contribution in [1.29, 1.82) is 0 Å². The number of methoxy groups -OCH3 is 2. The lowest BCUT2D eigenvalue weighted by Gasteiger charge is -2.01. The van der Waals surface area contributed by atoms with Gasteiger partial charge in [0.1, 0.15) is 0 Å². The normalized spacial score (nSPS) is 10.3. The summed E-state index contributed by atoms with van der Waals surface area (Å²) in [5.74, 6) is -0.197. The highest BCUT2D eigenvalue weighted by Gasteiger charge is 2.05. The van der Waals surface area contributed by atoms with Gasteiger partial charge in [0, 0.05) is 32.1 Å². The number of hydrogen-bond donors (Lipinski definition) is 1. The molecule has 0 fully saturated rings. The average molecular weight is 272 g/mol. The third kappa shape index (κ3) is 5.97. The molecule has 0 amide bonds. The summed E-state index contributed by atoms with van der Waals surface area (Å²) in [5, 5.41) is 6.14. The molecular weight excluding hydrogens is 252 g/mol. The Hall–Kier alpha value is -1.14. The molecule has 0 bridgehead atoms. The Labute approximate surface area is 112 Å². The van der Waals surface area contributed by atoms with Gasteiger partial charge in [-0.3, -0.25) is 4.79 Å².